The highest BCUT2D eigenvalue weighted by atomic mass is 35.5. The SMILES string of the molecule is Cc1ccc(F)c(C(=O)NCCC(C)Cl)c1. The molecule has 1 aromatic rings. The maximum absolute atomic E-state index is 13.3. The van der Waals surface area contributed by atoms with E-state index < -0.39 is 11.7 Å². The largest absolute Gasteiger partial charge is 0.352 e. The number of hydrogen-bond donors (Lipinski definition) is 1. The number of hydrogen-bond acceptors (Lipinski definition) is 1. The van der Waals surface area contributed by atoms with Crippen molar-refractivity contribution in [3.05, 3.63) is 35.1 Å². The molecular weight excluding hydrogens is 229 g/mol. The van der Waals surface area contributed by atoms with Gasteiger partial charge in [0, 0.05) is 11.9 Å². The molecule has 0 bridgehead atoms. The molecule has 0 fully saturated rings. The third kappa shape index (κ3) is 3.81. The minimum Gasteiger partial charge on any atom is -0.352 e. The van der Waals surface area contributed by atoms with E-state index >= 15 is 0 Å². The van der Waals surface area contributed by atoms with Crippen LogP contribution in [-0.4, -0.2) is 17.8 Å². The van der Waals surface area contributed by atoms with Gasteiger partial charge in [-0.25, -0.2) is 4.39 Å². The van der Waals surface area contributed by atoms with Crippen molar-refractivity contribution in [2.24, 2.45) is 0 Å². The van der Waals surface area contributed by atoms with E-state index in [9.17, 15) is 9.18 Å². The van der Waals surface area contributed by atoms with Gasteiger partial charge in [0.15, 0.2) is 0 Å². The van der Waals surface area contributed by atoms with Gasteiger partial charge in [-0.2, -0.15) is 0 Å². The van der Waals surface area contributed by atoms with Crippen LogP contribution in [0.4, 0.5) is 4.39 Å². The monoisotopic (exact) mass is 243 g/mol. The van der Waals surface area contributed by atoms with E-state index in [1.54, 1.807) is 6.07 Å². The number of amides is 1. The van der Waals surface area contributed by atoms with E-state index in [0.29, 0.717) is 13.0 Å². The quantitative estimate of drug-likeness (QED) is 0.810. The average Bonchev–Trinajstić information content (AvgIpc) is 2.21. The predicted octanol–water partition coefficient (Wildman–Crippen LogP) is 2.88. The van der Waals surface area contributed by atoms with E-state index in [1.165, 1.54) is 12.1 Å². The normalized spacial score (nSPS) is 12.2. The van der Waals surface area contributed by atoms with Crippen LogP contribution in [0.3, 0.4) is 0 Å². The Hall–Kier alpha value is -1.09. The Morgan fingerprint density at radius 1 is 1.56 bits per heavy atom. The zero-order valence-corrected chi connectivity index (χ0v) is 10.1. The Morgan fingerprint density at radius 3 is 2.88 bits per heavy atom. The van der Waals surface area contributed by atoms with Gasteiger partial charge in [0.25, 0.3) is 5.91 Å². The lowest BCUT2D eigenvalue weighted by atomic mass is 10.1. The molecule has 0 saturated heterocycles. The van der Waals surface area contributed by atoms with Gasteiger partial charge in [0.1, 0.15) is 5.82 Å². The predicted molar refractivity (Wildman–Crippen MR) is 63.4 cm³/mol. The van der Waals surface area contributed by atoms with Gasteiger partial charge < -0.3 is 5.32 Å². The number of carbonyl (C=O) groups is 1. The Morgan fingerprint density at radius 2 is 2.25 bits per heavy atom. The highest BCUT2D eigenvalue weighted by Gasteiger charge is 2.11. The van der Waals surface area contributed by atoms with Crippen LogP contribution in [0.15, 0.2) is 18.2 Å². The third-order valence-corrected chi connectivity index (χ3v) is 2.41. The number of nitrogens with one attached hydrogen (secondary N) is 1. The summed E-state index contributed by atoms with van der Waals surface area (Å²) in [5, 5.41) is 2.64. The van der Waals surface area contributed by atoms with Crippen LogP contribution < -0.4 is 5.32 Å². The lowest BCUT2D eigenvalue weighted by Gasteiger charge is -2.07. The summed E-state index contributed by atoms with van der Waals surface area (Å²) in [7, 11) is 0. The molecule has 0 saturated carbocycles. The average molecular weight is 244 g/mol. The fraction of sp³-hybridized carbons (Fsp3) is 0.417. The van der Waals surface area contributed by atoms with Gasteiger partial charge in [0.2, 0.25) is 0 Å². The van der Waals surface area contributed by atoms with Crippen molar-refractivity contribution < 1.29 is 9.18 Å². The fourth-order valence-electron chi connectivity index (χ4n) is 1.29. The van der Waals surface area contributed by atoms with Crippen molar-refractivity contribution in [1.29, 1.82) is 0 Å². The lowest BCUT2D eigenvalue weighted by Crippen LogP contribution is -2.26. The van der Waals surface area contributed by atoms with Gasteiger partial charge >= 0.3 is 0 Å². The molecule has 0 aliphatic heterocycles. The molecule has 0 heterocycles. The zero-order chi connectivity index (χ0) is 12.1. The lowest BCUT2D eigenvalue weighted by molar-refractivity contribution is 0.0949. The molecule has 16 heavy (non-hydrogen) atoms. The molecule has 1 atom stereocenters. The first kappa shape index (κ1) is 13.0. The number of carbonyl (C=O) groups excluding carboxylic acids is 1. The Bertz CT molecular complexity index is 379. The topological polar surface area (TPSA) is 29.1 Å². The van der Waals surface area contributed by atoms with E-state index in [2.05, 4.69) is 5.32 Å². The third-order valence-electron chi connectivity index (χ3n) is 2.19. The summed E-state index contributed by atoms with van der Waals surface area (Å²) in [6, 6.07) is 4.47. The first-order chi connectivity index (χ1) is 7.50. The van der Waals surface area contributed by atoms with Gasteiger partial charge in [0.05, 0.1) is 5.56 Å². The zero-order valence-electron chi connectivity index (χ0n) is 9.39. The van der Waals surface area contributed by atoms with Crippen LogP contribution in [0.25, 0.3) is 0 Å². The van der Waals surface area contributed by atoms with Crippen LogP contribution in [0.1, 0.15) is 29.3 Å². The molecule has 1 N–H and O–H groups in total. The highest BCUT2D eigenvalue weighted by molar-refractivity contribution is 6.20. The minimum absolute atomic E-state index is 0.00246. The Balaban J connectivity index is 2.62. The smallest absolute Gasteiger partial charge is 0.254 e. The Kier molecular flexibility index (Phi) is 4.74. The molecule has 1 amide bonds. The maximum atomic E-state index is 13.3. The second-order valence-electron chi connectivity index (χ2n) is 3.81. The molecule has 1 rings (SSSR count). The second kappa shape index (κ2) is 5.85. The fourth-order valence-corrected chi connectivity index (χ4v) is 1.40. The van der Waals surface area contributed by atoms with Crippen molar-refractivity contribution in [2.75, 3.05) is 6.54 Å². The number of alkyl halides is 1. The van der Waals surface area contributed by atoms with Gasteiger partial charge in [-0.1, -0.05) is 11.6 Å². The van der Waals surface area contributed by atoms with Crippen LogP contribution in [0.2, 0.25) is 0 Å². The molecule has 1 aromatic carbocycles. The molecule has 0 aliphatic carbocycles. The number of aryl methyl sites for hydroxylation is 1. The number of halogens is 2. The summed E-state index contributed by atoms with van der Waals surface area (Å²) in [4.78, 5) is 11.6. The van der Waals surface area contributed by atoms with Crippen LogP contribution in [0, 0.1) is 12.7 Å². The van der Waals surface area contributed by atoms with Gasteiger partial charge in [-0.3, -0.25) is 4.79 Å². The summed E-state index contributed by atoms with van der Waals surface area (Å²) < 4.78 is 13.3. The van der Waals surface area contributed by atoms with Gasteiger partial charge in [-0.05, 0) is 32.4 Å². The van der Waals surface area contributed by atoms with Crippen molar-refractivity contribution in [3.8, 4) is 0 Å². The summed E-state index contributed by atoms with van der Waals surface area (Å²) in [5.74, 6) is -0.888. The maximum Gasteiger partial charge on any atom is 0.254 e. The second-order valence-corrected chi connectivity index (χ2v) is 4.55. The summed E-state index contributed by atoms with van der Waals surface area (Å²) >= 11 is 5.74. The molecule has 4 heteroatoms. The first-order valence-corrected chi connectivity index (χ1v) is 5.62. The molecule has 2 nitrogen and oxygen atoms in total. The summed E-state index contributed by atoms with van der Waals surface area (Å²) in [5.41, 5.74) is 0.944. The van der Waals surface area contributed by atoms with Gasteiger partial charge in [-0.15, -0.1) is 11.6 Å². The summed E-state index contributed by atoms with van der Waals surface area (Å²) in [6.45, 7) is 4.12. The van der Waals surface area contributed by atoms with Crippen molar-refractivity contribution in [3.63, 3.8) is 0 Å². The van der Waals surface area contributed by atoms with E-state index in [-0.39, 0.29) is 10.9 Å². The van der Waals surface area contributed by atoms with Crippen LogP contribution >= 0.6 is 11.6 Å². The number of benzene rings is 1. The van der Waals surface area contributed by atoms with Crippen molar-refractivity contribution >= 4 is 17.5 Å². The van der Waals surface area contributed by atoms with E-state index in [4.69, 9.17) is 11.6 Å². The van der Waals surface area contributed by atoms with E-state index in [0.717, 1.165) is 5.56 Å². The molecular formula is C12H15ClFNO. The molecule has 1 unspecified atom stereocenters. The Labute approximate surface area is 99.8 Å². The van der Waals surface area contributed by atoms with Crippen molar-refractivity contribution in [1.82, 2.24) is 5.32 Å². The van der Waals surface area contributed by atoms with Crippen LogP contribution in [0.5, 0.6) is 0 Å². The highest BCUT2D eigenvalue weighted by Crippen LogP contribution is 2.09. The van der Waals surface area contributed by atoms with Crippen molar-refractivity contribution in [2.45, 2.75) is 25.6 Å². The number of rotatable bonds is 4. The van der Waals surface area contributed by atoms with E-state index in [1.807, 2.05) is 13.8 Å². The summed E-state index contributed by atoms with van der Waals surface area (Å²) in [6.07, 6.45) is 0.667. The molecule has 0 radical (unpaired) electrons. The molecule has 88 valence electrons. The standard InChI is InChI=1S/C12H15ClFNO/c1-8-3-4-11(14)10(7-8)12(16)15-6-5-9(2)13/h3-4,7,9H,5-6H2,1-2H3,(H,15,16). The molecule has 0 spiro atoms. The minimum atomic E-state index is -0.498. The van der Waals surface area contributed by atoms with Crippen LogP contribution in [-0.2, 0) is 0 Å². The first-order valence-electron chi connectivity index (χ1n) is 5.19. The molecule has 0 aromatic heterocycles. The molecule has 0 aliphatic rings.